The van der Waals surface area contributed by atoms with E-state index in [-0.39, 0.29) is 68.5 Å². The Morgan fingerprint density at radius 2 is 1.25 bits per heavy atom. The Bertz CT molecular complexity index is 11.6. The maximum atomic E-state index is 0. The van der Waals surface area contributed by atoms with Crippen LogP contribution in [-0.2, 0) is 42.7 Å². The first-order valence-electron chi connectivity index (χ1n) is 0. The molecule has 0 aromatic carbocycles. The minimum atomic E-state index is 0. The zero-order valence-corrected chi connectivity index (χ0v) is 5.76. The molecule has 0 fully saturated rings. The second kappa shape index (κ2) is 20.4. The third-order valence-electron chi connectivity index (χ3n) is 0. The van der Waals surface area contributed by atoms with Crippen LogP contribution in [0.2, 0.25) is 0 Å². The van der Waals surface area contributed by atoms with Gasteiger partial charge in [-0.2, -0.15) is 0 Å². The van der Waals surface area contributed by atoms with Crippen LogP contribution in [0.4, 0.5) is 0 Å². The van der Waals surface area contributed by atoms with E-state index in [1.807, 2.05) is 0 Å². The molecule has 0 aromatic rings. The van der Waals surface area contributed by atoms with Crippen molar-refractivity contribution in [2.24, 2.45) is 0 Å². The molecule has 0 aromatic heterocycles. The number of hydrogen-bond acceptors (Lipinski definition) is 0. The molecular formula is H3LiNiOZr. The van der Waals surface area contributed by atoms with Crippen LogP contribution in [0.5, 0.6) is 0 Å². The molecule has 0 radical (unpaired) electrons. The topological polar surface area (TPSA) is 31.5 Å². The van der Waals surface area contributed by atoms with Gasteiger partial charge in [-0.1, -0.05) is 0 Å². The number of hydrogen-bond donors (Lipinski definition) is 0. The molecule has 0 aliphatic rings. The normalized spacial score (nSPS) is 0. The zero-order valence-electron chi connectivity index (χ0n) is 3.32. The van der Waals surface area contributed by atoms with Gasteiger partial charge in [0.15, 0.2) is 0 Å². The van der Waals surface area contributed by atoms with Crippen LogP contribution in [0, 0.1) is 0 Å². The van der Waals surface area contributed by atoms with Crippen LogP contribution in [0.1, 0.15) is 1.43 Å². The Hall–Kier alpha value is 1.93. The van der Waals surface area contributed by atoms with E-state index < -0.39 is 0 Å². The molecule has 0 bridgehead atoms. The SMILES string of the molecule is O.[H-].[Li+].[Ni].[Zr]. The van der Waals surface area contributed by atoms with Gasteiger partial charge in [-0.3, -0.25) is 0 Å². The fourth-order valence-corrected chi connectivity index (χ4v) is 0. The smallest absolute Gasteiger partial charge is 1.00 e. The summed E-state index contributed by atoms with van der Waals surface area (Å²) in [6.07, 6.45) is 0. The maximum absolute atomic E-state index is 0. The van der Waals surface area contributed by atoms with Crippen LogP contribution >= 0.6 is 0 Å². The van der Waals surface area contributed by atoms with Gasteiger partial charge < -0.3 is 6.90 Å². The van der Waals surface area contributed by atoms with Crippen molar-refractivity contribution >= 4 is 0 Å². The first-order valence-corrected chi connectivity index (χ1v) is 0. The number of rotatable bonds is 0. The summed E-state index contributed by atoms with van der Waals surface area (Å²) >= 11 is 0. The van der Waals surface area contributed by atoms with Crippen LogP contribution in [0.15, 0.2) is 0 Å². The zero-order chi connectivity index (χ0) is 0. The monoisotopic (exact) mass is 174 g/mol. The predicted octanol–water partition coefficient (Wildman–Crippen LogP) is -3.71. The minimum Gasteiger partial charge on any atom is -1.00 e. The molecule has 4 heavy (non-hydrogen) atoms. The van der Waals surface area contributed by atoms with Crippen molar-refractivity contribution in [2.75, 3.05) is 0 Å². The third kappa shape index (κ3) is 9.05. The summed E-state index contributed by atoms with van der Waals surface area (Å²) in [6.45, 7) is 0. The Morgan fingerprint density at radius 1 is 1.25 bits per heavy atom. The summed E-state index contributed by atoms with van der Waals surface area (Å²) in [6, 6.07) is 0. The quantitative estimate of drug-likeness (QED) is 0.340. The van der Waals surface area contributed by atoms with E-state index in [2.05, 4.69) is 0 Å². The molecule has 0 heterocycles. The molecule has 4 heteroatoms. The van der Waals surface area contributed by atoms with Gasteiger partial charge in [0.1, 0.15) is 0 Å². The van der Waals surface area contributed by atoms with E-state index in [0.717, 1.165) is 0 Å². The summed E-state index contributed by atoms with van der Waals surface area (Å²) < 4.78 is 0. The van der Waals surface area contributed by atoms with E-state index in [9.17, 15) is 0 Å². The predicted molar refractivity (Wildman–Crippen MR) is 4.73 cm³/mol. The molecule has 0 rings (SSSR count). The molecule has 24 valence electrons. The summed E-state index contributed by atoms with van der Waals surface area (Å²) in [5.74, 6) is 0. The molecule has 0 amide bonds. The van der Waals surface area contributed by atoms with Crippen molar-refractivity contribution in [3.8, 4) is 0 Å². The molecule has 0 unspecified atom stereocenters. The Labute approximate surface area is 67.9 Å². The van der Waals surface area contributed by atoms with Gasteiger partial charge in [0, 0.05) is 42.7 Å². The fraction of sp³-hybridized carbons (Fsp3) is 0. The molecule has 1 nitrogen and oxygen atoms in total. The van der Waals surface area contributed by atoms with Crippen molar-refractivity contribution in [3.63, 3.8) is 0 Å². The first kappa shape index (κ1) is 38.6. The van der Waals surface area contributed by atoms with Crippen LogP contribution in [0.25, 0.3) is 0 Å². The molecule has 0 aliphatic carbocycles. The molecule has 0 spiro atoms. The van der Waals surface area contributed by atoms with Gasteiger partial charge in [0.05, 0.1) is 0 Å². The van der Waals surface area contributed by atoms with E-state index in [4.69, 9.17) is 0 Å². The second-order valence-corrected chi connectivity index (χ2v) is 0. The molecule has 0 saturated carbocycles. The standard InChI is InChI=1S/Li.Ni.H2O.Zr.H/h;;1H2;;/q+1;;;;-1. The average molecular weight is 176 g/mol. The summed E-state index contributed by atoms with van der Waals surface area (Å²) in [7, 11) is 0. The van der Waals surface area contributed by atoms with Crippen LogP contribution in [0.3, 0.4) is 0 Å². The van der Waals surface area contributed by atoms with Crippen molar-refractivity contribution < 1.29 is 68.5 Å². The van der Waals surface area contributed by atoms with Crippen molar-refractivity contribution in [3.05, 3.63) is 0 Å². The first-order chi connectivity index (χ1) is 0. The largest absolute Gasteiger partial charge is 1.00 e. The van der Waals surface area contributed by atoms with Crippen molar-refractivity contribution in [1.82, 2.24) is 0 Å². The van der Waals surface area contributed by atoms with Gasteiger partial charge in [-0.15, -0.1) is 0 Å². The van der Waals surface area contributed by atoms with Crippen LogP contribution in [-0.4, -0.2) is 5.48 Å². The second-order valence-electron chi connectivity index (χ2n) is 0. The van der Waals surface area contributed by atoms with E-state index in [0.29, 0.717) is 0 Å². The van der Waals surface area contributed by atoms with Crippen LogP contribution < -0.4 is 18.9 Å². The Morgan fingerprint density at radius 3 is 1.25 bits per heavy atom. The van der Waals surface area contributed by atoms with Crippen molar-refractivity contribution in [1.29, 1.82) is 0 Å². The molecular weight excluding hydrogens is 173 g/mol. The molecule has 0 saturated heterocycles. The maximum Gasteiger partial charge on any atom is 1.00 e. The van der Waals surface area contributed by atoms with Gasteiger partial charge in [0.25, 0.3) is 0 Å². The molecule has 0 atom stereocenters. The van der Waals surface area contributed by atoms with Gasteiger partial charge in [0.2, 0.25) is 0 Å². The van der Waals surface area contributed by atoms with Crippen molar-refractivity contribution in [2.45, 2.75) is 0 Å². The average Bonchev–Trinajstić information content (AvgIpc) is 0. The Balaban J connectivity index is 0. The summed E-state index contributed by atoms with van der Waals surface area (Å²) in [4.78, 5) is 0. The summed E-state index contributed by atoms with van der Waals surface area (Å²) in [5.41, 5.74) is 0. The van der Waals surface area contributed by atoms with Gasteiger partial charge in [-0.05, 0) is 0 Å². The Kier molecular flexibility index (Phi) is 197. The van der Waals surface area contributed by atoms with Gasteiger partial charge in [-0.25, -0.2) is 0 Å². The van der Waals surface area contributed by atoms with E-state index in [1.54, 1.807) is 0 Å². The van der Waals surface area contributed by atoms with Gasteiger partial charge >= 0.3 is 18.9 Å². The van der Waals surface area contributed by atoms with E-state index in [1.165, 1.54) is 0 Å². The molecule has 2 N–H and O–H groups in total. The van der Waals surface area contributed by atoms with E-state index >= 15 is 0 Å². The third-order valence-corrected chi connectivity index (χ3v) is 0. The molecule has 0 aliphatic heterocycles. The summed E-state index contributed by atoms with van der Waals surface area (Å²) in [5, 5.41) is 0. The minimum absolute atomic E-state index is 0. The fourth-order valence-electron chi connectivity index (χ4n) is 0.